The van der Waals surface area contributed by atoms with Gasteiger partial charge >= 0.3 is 0 Å². The van der Waals surface area contributed by atoms with Crippen LogP contribution in [0.5, 0.6) is 0 Å². The number of benzene rings is 1. The van der Waals surface area contributed by atoms with Crippen molar-refractivity contribution in [3.63, 3.8) is 0 Å². The Labute approximate surface area is 122 Å². The van der Waals surface area contributed by atoms with Crippen LogP contribution in [-0.2, 0) is 4.79 Å². The fourth-order valence-corrected chi connectivity index (χ4v) is 3.67. The maximum Gasteiger partial charge on any atom is 0.158 e. The van der Waals surface area contributed by atoms with E-state index in [4.69, 9.17) is 0 Å². The number of carbonyl (C=O) groups excluding carboxylic acids is 1. The summed E-state index contributed by atoms with van der Waals surface area (Å²) in [5, 5.41) is 0. The number of hydrogen-bond donors (Lipinski definition) is 0. The third-order valence-corrected chi connectivity index (χ3v) is 4.83. The minimum absolute atomic E-state index is 0.370. The summed E-state index contributed by atoms with van der Waals surface area (Å²) < 4.78 is 0. The van der Waals surface area contributed by atoms with Gasteiger partial charge in [0, 0.05) is 6.42 Å². The molecule has 0 spiro atoms. The molecule has 0 aliphatic heterocycles. The molecule has 0 aromatic heterocycles. The maximum atomic E-state index is 12.0. The van der Waals surface area contributed by atoms with Gasteiger partial charge in [-0.05, 0) is 60.8 Å². The molecule has 1 heteroatoms. The van der Waals surface area contributed by atoms with Crippen LogP contribution in [0.4, 0.5) is 0 Å². The molecule has 2 saturated carbocycles. The lowest BCUT2D eigenvalue weighted by Crippen LogP contribution is -2.09. The first-order chi connectivity index (χ1) is 9.84. The van der Waals surface area contributed by atoms with Gasteiger partial charge in [0.2, 0.25) is 0 Å². The first-order valence-electron chi connectivity index (χ1n) is 8.17. The van der Waals surface area contributed by atoms with Crippen molar-refractivity contribution in [1.82, 2.24) is 0 Å². The number of hydrogen-bond acceptors (Lipinski definition) is 1. The van der Waals surface area contributed by atoms with Gasteiger partial charge in [-0.25, -0.2) is 0 Å². The fraction of sp³-hybridized carbons (Fsp3) is 0.526. The van der Waals surface area contributed by atoms with Crippen LogP contribution in [0.15, 0.2) is 29.8 Å². The van der Waals surface area contributed by atoms with Crippen LogP contribution >= 0.6 is 0 Å². The van der Waals surface area contributed by atoms with Gasteiger partial charge in [0.1, 0.15) is 0 Å². The highest BCUT2D eigenvalue weighted by atomic mass is 16.1. The zero-order chi connectivity index (χ0) is 13.8. The average molecular weight is 268 g/mol. The molecular weight excluding hydrogens is 244 g/mol. The minimum Gasteiger partial charge on any atom is -0.295 e. The van der Waals surface area contributed by atoms with E-state index in [1.165, 1.54) is 49.7 Å². The molecule has 0 radical (unpaired) electrons. The van der Waals surface area contributed by atoms with Crippen LogP contribution in [0, 0.1) is 0 Å². The molecule has 2 aliphatic rings. The molecule has 0 amide bonds. The third kappa shape index (κ3) is 3.03. The summed E-state index contributed by atoms with van der Waals surface area (Å²) >= 11 is 0. The Bertz CT molecular complexity index is 506. The second kappa shape index (κ2) is 6.39. The molecule has 0 saturated heterocycles. The van der Waals surface area contributed by atoms with Gasteiger partial charge in [-0.15, -0.1) is 0 Å². The number of rotatable bonds is 2. The van der Waals surface area contributed by atoms with Crippen LogP contribution < -0.4 is 0 Å². The Hall–Kier alpha value is -1.37. The Morgan fingerprint density at radius 3 is 2.45 bits per heavy atom. The highest BCUT2D eigenvalue weighted by Gasteiger charge is 2.19. The molecule has 0 atom stereocenters. The van der Waals surface area contributed by atoms with Crippen molar-refractivity contribution in [2.45, 2.75) is 63.7 Å². The normalized spacial score (nSPS) is 23.2. The monoisotopic (exact) mass is 268 g/mol. The van der Waals surface area contributed by atoms with Crippen LogP contribution in [0.2, 0.25) is 0 Å². The smallest absolute Gasteiger partial charge is 0.158 e. The highest BCUT2D eigenvalue weighted by Crippen LogP contribution is 2.35. The van der Waals surface area contributed by atoms with Gasteiger partial charge in [-0.2, -0.15) is 0 Å². The van der Waals surface area contributed by atoms with E-state index in [-0.39, 0.29) is 0 Å². The number of carbonyl (C=O) groups is 1. The van der Waals surface area contributed by atoms with Crippen molar-refractivity contribution in [1.29, 1.82) is 0 Å². The molecule has 1 aromatic rings. The van der Waals surface area contributed by atoms with Crippen LogP contribution in [0.3, 0.4) is 0 Å². The number of ketones is 1. The van der Waals surface area contributed by atoms with Crippen molar-refractivity contribution < 1.29 is 4.79 Å². The maximum absolute atomic E-state index is 12.0. The molecule has 2 aliphatic carbocycles. The summed E-state index contributed by atoms with van der Waals surface area (Å²) in [7, 11) is 0. The lowest BCUT2D eigenvalue weighted by Gasteiger charge is -2.24. The Morgan fingerprint density at radius 1 is 0.900 bits per heavy atom. The van der Waals surface area contributed by atoms with E-state index < -0.39 is 0 Å². The molecule has 0 unspecified atom stereocenters. The van der Waals surface area contributed by atoms with Crippen molar-refractivity contribution in [3.8, 4) is 0 Å². The van der Waals surface area contributed by atoms with E-state index in [0.717, 1.165) is 24.8 Å². The lowest BCUT2D eigenvalue weighted by molar-refractivity contribution is -0.116. The summed E-state index contributed by atoms with van der Waals surface area (Å²) in [6.07, 6.45) is 12.9. The van der Waals surface area contributed by atoms with Gasteiger partial charge in [-0.3, -0.25) is 4.79 Å². The molecule has 3 rings (SSSR count). The zero-order valence-corrected chi connectivity index (χ0v) is 12.2. The fourth-order valence-electron chi connectivity index (χ4n) is 3.67. The van der Waals surface area contributed by atoms with E-state index in [1.54, 1.807) is 0 Å². The van der Waals surface area contributed by atoms with Crippen LogP contribution in [0.1, 0.15) is 74.8 Å². The lowest BCUT2D eigenvalue weighted by atomic mass is 9.81. The number of allylic oxidation sites excluding steroid dienone is 1. The Kier molecular flexibility index (Phi) is 4.34. The standard InChI is InChI=1S/C19H24O/c20-19-13-7-5-11-17(19)14-16-10-4-6-12-18(16)15-8-2-1-3-9-15/h4,6,10,12,14-15H,1-3,5,7-9,11,13H2. The zero-order valence-electron chi connectivity index (χ0n) is 12.2. The molecule has 1 aromatic carbocycles. The first kappa shape index (κ1) is 13.6. The quantitative estimate of drug-likeness (QED) is 0.668. The molecule has 0 heterocycles. The van der Waals surface area contributed by atoms with E-state index in [2.05, 4.69) is 30.3 Å². The van der Waals surface area contributed by atoms with Crippen LogP contribution in [-0.4, -0.2) is 5.78 Å². The van der Waals surface area contributed by atoms with Gasteiger partial charge in [0.05, 0.1) is 0 Å². The highest BCUT2D eigenvalue weighted by molar-refractivity contribution is 6.00. The van der Waals surface area contributed by atoms with Crippen LogP contribution in [0.25, 0.3) is 6.08 Å². The first-order valence-corrected chi connectivity index (χ1v) is 8.17. The summed E-state index contributed by atoms with van der Waals surface area (Å²) in [4.78, 5) is 12.0. The molecule has 0 N–H and O–H groups in total. The summed E-state index contributed by atoms with van der Waals surface area (Å²) in [6, 6.07) is 8.72. The molecule has 2 fully saturated rings. The van der Waals surface area contributed by atoms with E-state index >= 15 is 0 Å². The van der Waals surface area contributed by atoms with Gasteiger partial charge in [0.15, 0.2) is 5.78 Å². The van der Waals surface area contributed by atoms with Crippen molar-refractivity contribution in [3.05, 3.63) is 41.0 Å². The minimum atomic E-state index is 0.370. The average Bonchev–Trinajstić information content (AvgIpc) is 2.51. The topological polar surface area (TPSA) is 17.1 Å². The van der Waals surface area contributed by atoms with Gasteiger partial charge in [0.25, 0.3) is 0 Å². The van der Waals surface area contributed by atoms with E-state index in [1.807, 2.05) is 0 Å². The molecule has 1 nitrogen and oxygen atoms in total. The Morgan fingerprint density at radius 2 is 1.65 bits per heavy atom. The van der Waals surface area contributed by atoms with Gasteiger partial charge in [-0.1, -0.05) is 43.5 Å². The number of Topliss-reactive ketones (excluding diaryl/α,β-unsaturated/α-hetero) is 1. The summed E-state index contributed by atoms with van der Waals surface area (Å²) in [5.74, 6) is 1.07. The van der Waals surface area contributed by atoms with E-state index in [9.17, 15) is 4.79 Å². The molecule has 0 bridgehead atoms. The second-order valence-corrected chi connectivity index (χ2v) is 6.26. The van der Waals surface area contributed by atoms with Crippen molar-refractivity contribution in [2.75, 3.05) is 0 Å². The predicted molar refractivity (Wildman–Crippen MR) is 83.7 cm³/mol. The largest absolute Gasteiger partial charge is 0.295 e. The SMILES string of the molecule is O=C1CCCCC1=Cc1ccccc1C1CCCCC1. The van der Waals surface area contributed by atoms with Gasteiger partial charge < -0.3 is 0 Å². The summed E-state index contributed by atoms with van der Waals surface area (Å²) in [6.45, 7) is 0. The predicted octanol–water partition coefficient (Wildman–Crippen LogP) is 5.26. The molecule has 20 heavy (non-hydrogen) atoms. The van der Waals surface area contributed by atoms with E-state index in [0.29, 0.717) is 11.7 Å². The molecular formula is C19H24O. The third-order valence-electron chi connectivity index (χ3n) is 4.83. The second-order valence-electron chi connectivity index (χ2n) is 6.26. The van der Waals surface area contributed by atoms with Crippen molar-refractivity contribution in [2.24, 2.45) is 0 Å². The molecule has 106 valence electrons. The summed E-state index contributed by atoms with van der Waals surface area (Å²) in [5.41, 5.74) is 3.82. The van der Waals surface area contributed by atoms with Crippen molar-refractivity contribution >= 4 is 11.9 Å². The Balaban J connectivity index is 1.89.